The van der Waals surface area contributed by atoms with Crippen molar-refractivity contribution in [3.63, 3.8) is 0 Å². The van der Waals surface area contributed by atoms with Crippen LogP contribution in [0, 0.1) is 11.6 Å². The molecule has 1 heterocycles. The van der Waals surface area contributed by atoms with Crippen molar-refractivity contribution in [1.82, 2.24) is 9.97 Å². The molecule has 0 radical (unpaired) electrons. The Labute approximate surface area is 170 Å². The Bertz CT molecular complexity index is 1190. The van der Waals surface area contributed by atoms with E-state index in [4.69, 9.17) is 0 Å². The summed E-state index contributed by atoms with van der Waals surface area (Å²) in [5.74, 6) is -0.824. The Hall–Kier alpha value is -3.32. The number of para-hydroxylation sites is 1. The molecule has 7 heteroatoms. The lowest BCUT2D eigenvalue weighted by Gasteiger charge is -2.09. The topological polar surface area (TPSA) is 54.9 Å². The van der Waals surface area contributed by atoms with Crippen molar-refractivity contribution in [2.24, 2.45) is 0 Å². The molecule has 1 aromatic heterocycles. The van der Waals surface area contributed by atoms with E-state index in [1.165, 1.54) is 24.3 Å². The zero-order valence-electron chi connectivity index (χ0n) is 15.1. The minimum Gasteiger partial charge on any atom is -0.323 e. The van der Waals surface area contributed by atoms with Crippen LogP contribution in [-0.4, -0.2) is 21.6 Å². The van der Waals surface area contributed by atoms with E-state index in [-0.39, 0.29) is 17.3 Å². The first-order chi connectivity index (χ1) is 14.1. The fourth-order valence-electron chi connectivity index (χ4n) is 2.78. The molecule has 3 aromatic carbocycles. The van der Waals surface area contributed by atoms with Crippen LogP contribution in [0.25, 0.3) is 22.3 Å². The molecular formula is C22H15F2N3OS. The van der Waals surface area contributed by atoms with Crippen molar-refractivity contribution in [2.75, 3.05) is 11.1 Å². The van der Waals surface area contributed by atoms with E-state index in [0.29, 0.717) is 21.8 Å². The second-order valence-electron chi connectivity index (χ2n) is 6.20. The van der Waals surface area contributed by atoms with Gasteiger partial charge in [-0.2, -0.15) is 0 Å². The lowest BCUT2D eigenvalue weighted by atomic mass is 10.2. The summed E-state index contributed by atoms with van der Waals surface area (Å²) in [6.07, 6.45) is 0. The van der Waals surface area contributed by atoms with Gasteiger partial charge in [0.2, 0.25) is 5.91 Å². The van der Waals surface area contributed by atoms with Crippen LogP contribution in [0.15, 0.2) is 77.8 Å². The number of amides is 1. The van der Waals surface area contributed by atoms with Gasteiger partial charge >= 0.3 is 0 Å². The minimum absolute atomic E-state index is 0.00874. The normalized spacial score (nSPS) is 10.8. The number of nitrogens with zero attached hydrogens (tertiary/aromatic N) is 2. The van der Waals surface area contributed by atoms with E-state index in [2.05, 4.69) is 15.3 Å². The molecule has 0 bridgehead atoms. The fraction of sp³-hybridized carbons (Fsp3) is 0.0455. The predicted molar refractivity (Wildman–Crippen MR) is 111 cm³/mol. The number of carbonyl (C=O) groups excluding carboxylic acids is 1. The van der Waals surface area contributed by atoms with Crippen LogP contribution in [0.2, 0.25) is 0 Å². The summed E-state index contributed by atoms with van der Waals surface area (Å²) in [5.41, 5.74) is 1.51. The molecular weight excluding hydrogens is 392 g/mol. The predicted octanol–water partition coefficient (Wildman–Crippen LogP) is 5.31. The average Bonchev–Trinajstić information content (AvgIpc) is 2.74. The highest BCUT2D eigenvalue weighted by Crippen LogP contribution is 2.29. The highest BCUT2D eigenvalue weighted by Gasteiger charge is 2.13. The van der Waals surface area contributed by atoms with Gasteiger partial charge in [0.05, 0.1) is 17.0 Å². The van der Waals surface area contributed by atoms with E-state index < -0.39 is 11.6 Å². The number of rotatable bonds is 5. The van der Waals surface area contributed by atoms with Gasteiger partial charge < -0.3 is 5.32 Å². The molecule has 0 spiro atoms. The molecule has 1 amide bonds. The number of aromatic nitrogens is 2. The van der Waals surface area contributed by atoms with Gasteiger partial charge in [0.1, 0.15) is 16.7 Å². The molecule has 0 atom stereocenters. The SMILES string of the molecule is O=C(CSc1nc(-c2ccccc2)nc2ccc(F)cc12)Nc1ccccc1F. The number of anilines is 1. The van der Waals surface area contributed by atoms with Crippen LogP contribution >= 0.6 is 11.8 Å². The summed E-state index contributed by atoms with van der Waals surface area (Å²) in [5, 5.41) is 3.54. The van der Waals surface area contributed by atoms with Crippen LogP contribution in [0.1, 0.15) is 0 Å². The van der Waals surface area contributed by atoms with Crippen LogP contribution in [-0.2, 0) is 4.79 Å². The number of carbonyl (C=O) groups is 1. The van der Waals surface area contributed by atoms with E-state index in [1.807, 2.05) is 30.3 Å². The van der Waals surface area contributed by atoms with E-state index >= 15 is 0 Å². The van der Waals surface area contributed by atoms with Crippen LogP contribution in [0.4, 0.5) is 14.5 Å². The summed E-state index contributed by atoms with van der Waals surface area (Å²) in [6.45, 7) is 0. The minimum atomic E-state index is -0.508. The second-order valence-corrected chi connectivity index (χ2v) is 7.16. The van der Waals surface area contributed by atoms with Crippen molar-refractivity contribution in [2.45, 2.75) is 5.03 Å². The van der Waals surface area contributed by atoms with E-state index in [1.54, 1.807) is 18.2 Å². The number of benzene rings is 3. The van der Waals surface area contributed by atoms with Crippen molar-refractivity contribution >= 4 is 34.3 Å². The summed E-state index contributed by atoms with van der Waals surface area (Å²) >= 11 is 1.15. The van der Waals surface area contributed by atoms with Crippen LogP contribution in [0.5, 0.6) is 0 Å². The molecule has 0 aliphatic heterocycles. The Morgan fingerprint density at radius 3 is 2.48 bits per heavy atom. The molecule has 0 fully saturated rings. The smallest absolute Gasteiger partial charge is 0.234 e. The number of nitrogens with one attached hydrogen (secondary N) is 1. The number of hydrogen-bond acceptors (Lipinski definition) is 4. The first-order valence-corrected chi connectivity index (χ1v) is 9.78. The molecule has 29 heavy (non-hydrogen) atoms. The quantitative estimate of drug-likeness (QED) is 0.360. The van der Waals surface area contributed by atoms with E-state index in [9.17, 15) is 13.6 Å². The summed E-state index contributed by atoms with van der Waals surface area (Å²) in [7, 11) is 0. The molecule has 144 valence electrons. The zero-order chi connectivity index (χ0) is 20.2. The van der Waals surface area contributed by atoms with Crippen molar-refractivity contribution in [3.8, 4) is 11.4 Å². The third-order valence-electron chi connectivity index (χ3n) is 4.14. The Morgan fingerprint density at radius 1 is 0.931 bits per heavy atom. The first-order valence-electron chi connectivity index (χ1n) is 8.80. The van der Waals surface area contributed by atoms with Gasteiger partial charge in [-0.15, -0.1) is 0 Å². The van der Waals surface area contributed by atoms with Crippen molar-refractivity contribution < 1.29 is 13.6 Å². The zero-order valence-corrected chi connectivity index (χ0v) is 15.9. The van der Waals surface area contributed by atoms with Gasteiger partial charge in [-0.1, -0.05) is 54.2 Å². The first kappa shape index (κ1) is 19.0. The lowest BCUT2D eigenvalue weighted by Crippen LogP contribution is -2.15. The Morgan fingerprint density at radius 2 is 1.69 bits per heavy atom. The molecule has 0 aliphatic rings. The standard InChI is InChI=1S/C22H15F2N3OS/c23-15-10-11-18-16(12-15)22(27-21(26-18)14-6-2-1-3-7-14)29-13-20(28)25-19-9-5-4-8-17(19)24/h1-12H,13H2,(H,25,28). The molecule has 0 saturated heterocycles. The van der Waals surface area contributed by atoms with Gasteiger partial charge in [0, 0.05) is 10.9 Å². The fourth-order valence-corrected chi connectivity index (χ4v) is 3.59. The van der Waals surface area contributed by atoms with E-state index in [0.717, 1.165) is 17.3 Å². The van der Waals surface area contributed by atoms with Gasteiger partial charge in [-0.3, -0.25) is 4.79 Å². The lowest BCUT2D eigenvalue weighted by molar-refractivity contribution is -0.113. The maximum Gasteiger partial charge on any atom is 0.234 e. The number of thioether (sulfide) groups is 1. The maximum absolute atomic E-state index is 13.8. The van der Waals surface area contributed by atoms with Gasteiger partial charge in [0.25, 0.3) is 0 Å². The highest BCUT2D eigenvalue weighted by molar-refractivity contribution is 8.00. The maximum atomic E-state index is 13.8. The number of hydrogen-bond donors (Lipinski definition) is 1. The number of fused-ring (bicyclic) bond motifs is 1. The molecule has 4 aromatic rings. The van der Waals surface area contributed by atoms with Crippen LogP contribution < -0.4 is 5.32 Å². The van der Waals surface area contributed by atoms with Crippen molar-refractivity contribution in [3.05, 3.63) is 84.4 Å². The molecule has 0 aliphatic carbocycles. The molecule has 1 N–H and O–H groups in total. The van der Waals surface area contributed by atoms with Gasteiger partial charge in [-0.25, -0.2) is 18.7 Å². The summed E-state index contributed by atoms with van der Waals surface area (Å²) in [4.78, 5) is 21.3. The molecule has 0 saturated carbocycles. The molecule has 4 nitrogen and oxygen atoms in total. The van der Waals surface area contributed by atoms with Crippen LogP contribution in [0.3, 0.4) is 0 Å². The second kappa shape index (κ2) is 8.36. The highest BCUT2D eigenvalue weighted by atomic mass is 32.2. The summed E-state index contributed by atoms with van der Waals surface area (Å²) < 4.78 is 27.5. The molecule has 0 unspecified atom stereocenters. The average molecular weight is 407 g/mol. The third kappa shape index (κ3) is 4.41. The Balaban J connectivity index is 1.62. The number of halogens is 2. The molecule has 4 rings (SSSR count). The van der Waals surface area contributed by atoms with Crippen molar-refractivity contribution in [1.29, 1.82) is 0 Å². The Kier molecular flexibility index (Phi) is 5.48. The third-order valence-corrected chi connectivity index (χ3v) is 5.13. The summed E-state index contributed by atoms with van der Waals surface area (Å²) in [6, 6.07) is 19.6. The van der Waals surface area contributed by atoms with Gasteiger partial charge in [-0.05, 0) is 30.3 Å². The largest absolute Gasteiger partial charge is 0.323 e. The van der Waals surface area contributed by atoms with Gasteiger partial charge in [0.15, 0.2) is 5.82 Å². The monoisotopic (exact) mass is 407 g/mol.